The molecule has 0 heterocycles. The van der Waals surface area contributed by atoms with Gasteiger partial charge in [0, 0.05) is 11.1 Å². The summed E-state index contributed by atoms with van der Waals surface area (Å²) in [6, 6.07) is 9.94. The highest BCUT2D eigenvalue weighted by molar-refractivity contribution is 6.30. The van der Waals surface area contributed by atoms with Crippen molar-refractivity contribution in [2.75, 3.05) is 0 Å². The summed E-state index contributed by atoms with van der Waals surface area (Å²) in [5, 5.41) is 0.581. The summed E-state index contributed by atoms with van der Waals surface area (Å²) in [6.07, 6.45) is 0. The van der Waals surface area contributed by atoms with Gasteiger partial charge in [0.2, 0.25) is 0 Å². The molecule has 82 valence electrons. The minimum Gasteiger partial charge on any atom is -0.457 e. The van der Waals surface area contributed by atoms with E-state index < -0.39 is 11.6 Å². The van der Waals surface area contributed by atoms with Crippen molar-refractivity contribution in [3.05, 3.63) is 59.1 Å². The quantitative estimate of drug-likeness (QED) is 0.756. The van der Waals surface area contributed by atoms with Gasteiger partial charge in [0.15, 0.2) is 11.6 Å². The SMILES string of the molecule is Fc1ccc(Oc2ccc(Cl)cc2)cc1F. The molecule has 2 rings (SSSR count). The highest BCUT2D eigenvalue weighted by Crippen LogP contribution is 2.24. The van der Waals surface area contributed by atoms with E-state index in [2.05, 4.69) is 0 Å². The molecule has 0 saturated heterocycles. The molecule has 0 spiro atoms. The van der Waals surface area contributed by atoms with E-state index in [1.54, 1.807) is 24.3 Å². The van der Waals surface area contributed by atoms with Crippen LogP contribution in [0.1, 0.15) is 0 Å². The number of benzene rings is 2. The fraction of sp³-hybridized carbons (Fsp3) is 0. The first-order valence-electron chi connectivity index (χ1n) is 4.53. The van der Waals surface area contributed by atoms with Crippen LogP contribution in [0.3, 0.4) is 0 Å². The monoisotopic (exact) mass is 240 g/mol. The van der Waals surface area contributed by atoms with Crippen LogP contribution in [-0.2, 0) is 0 Å². The predicted octanol–water partition coefficient (Wildman–Crippen LogP) is 4.41. The summed E-state index contributed by atoms with van der Waals surface area (Å²) in [7, 11) is 0. The molecular formula is C12H7ClF2O. The second-order valence-electron chi connectivity index (χ2n) is 3.13. The van der Waals surface area contributed by atoms with Gasteiger partial charge in [-0.25, -0.2) is 8.78 Å². The van der Waals surface area contributed by atoms with E-state index in [4.69, 9.17) is 16.3 Å². The van der Waals surface area contributed by atoms with Gasteiger partial charge in [-0.1, -0.05) is 11.6 Å². The number of halogens is 3. The Hall–Kier alpha value is -1.61. The van der Waals surface area contributed by atoms with Crippen molar-refractivity contribution in [1.29, 1.82) is 0 Å². The molecule has 0 aromatic heterocycles. The molecular weight excluding hydrogens is 234 g/mol. The van der Waals surface area contributed by atoms with Gasteiger partial charge in [-0.15, -0.1) is 0 Å². The second-order valence-corrected chi connectivity index (χ2v) is 3.57. The van der Waals surface area contributed by atoms with Crippen LogP contribution >= 0.6 is 11.6 Å². The fourth-order valence-electron chi connectivity index (χ4n) is 1.18. The lowest BCUT2D eigenvalue weighted by atomic mass is 10.3. The van der Waals surface area contributed by atoms with Crippen molar-refractivity contribution in [3.63, 3.8) is 0 Å². The molecule has 0 aliphatic rings. The topological polar surface area (TPSA) is 9.23 Å². The highest BCUT2D eigenvalue weighted by atomic mass is 35.5. The zero-order valence-corrected chi connectivity index (χ0v) is 8.84. The molecule has 0 bridgehead atoms. The second kappa shape index (κ2) is 4.49. The minimum atomic E-state index is -0.938. The third-order valence-corrected chi connectivity index (χ3v) is 2.19. The molecule has 0 unspecified atom stereocenters. The van der Waals surface area contributed by atoms with E-state index in [1.807, 2.05) is 0 Å². The van der Waals surface area contributed by atoms with Gasteiger partial charge in [0.1, 0.15) is 11.5 Å². The zero-order chi connectivity index (χ0) is 11.5. The van der Waals surface area contributed by atoms with Crippen LogP contribution in [0.5, 0.6) is 11.5 Å². The van der Waals surface area contributed by atoms with Gasteiger partial charge >= 0.3 is 0 Å². The van der Waals surface area contributed by atoms with Gasteiger partial charge in [-0.05, 0) is 36.4 Å². The Balaban J connectivity index is 2.20. The van der Waals surface area contributed by atoms with Crippen molar-refractivity contribution in [1.82, 2.24) is 0 Å². The maximum absolute atomic E-state index is 12.9. The molecule has 0 radical (unpaired) electrons. The van der Waals surface area contributed by atoms with E-state index in [1.165, 1.54) is 6.07 Å². The van der Waals surface area contributed by atoms with Crippen LogP contribution < -0.4 is 4.74 Å². The lowest BCUT2D eigenvalue weighted by Gasteiger charge is -2.05. The Labute approximate surface area is 96.2 Å². The third-order valence-electron chi connectivity index (χ3n) is 1.94. The Morgan fingerprint density at radius 3 is 2.06 bits per heavy atom. The number of hydrogen-bond acceptors (Lipinski definition) is 1. The van der Waals surface area contributed by atoms with E-state index in [-0.39, 0.29) is 5.75 Å². The van der Waals surface area contributed by atoms with E-state index in [0.717, 1.165) is 12.1 Å². The van der Waals surface area contributed by atoms with Gasteiger partial charge < -0.3 is 4.74 Å². The largest absolute Gasteiger partial charge is 0.457 e. The Morgan fingerprint density at radius 2 is 1.44 bits per heavy atom. The molecule has 0 fully saturated rings. The predicted molar refractivity (Wildman–Crippen MR) is 57.9 cm³/mol. The first-order valence-corrected chi connectivity index (χ1v) is 4.91. The smallest absolute Gasteiger partial charge is 0.162 e. The zero-order valence-electron chi connectivity index (χ0n) is 8.08. The molecule has 2 aromatic carbocycles. The van der Waals surface area contributed by atoms with Gasteiger partial charge in [-0.2, -0.15) is 0 Å². The molecule has 0 N–H and O–H groups in total. The Morgan fingerprint density at radius 1 is 0.812 bits per heavy atom. The summed E-state index contributed by atoms with van der Waals surface area (Å²) < 4.78 is 30.8. The standard InChI is InChI=1S/C12H7ClF2O/c13-8-1-3-9(4-2-8)16-10-5-6-11(14)12(15)7-10/h1-7H. The van der Waals surface area contributed by atoms with E-state index in [9.17, 15) is 8.78 Å². The summed E-state index contributed by atoms with van der Waals surface area (Å²) in [5.41, 5.74) is 0. The summed E-state index contributed by atoms with van der Waals surface area (Å²) >= 11 is 5.70. The van der Waals surface area contributed by atoms with Crippen LogP contribution in [0, 0.1) is 11.6 Å². The average molecular weight is 241 g/mol. The molecule has 0 aliphatic carbocycles. The van der Waals surface area contributed by atoms with Crippen LogP contribution in [0.2, 0.25) is 5.02 Å². The maximum Gasteiger partial charge on any atom is 0.162 e. The van der Waals surface area contributed by atoms with Gasteiger partial charge in [0.05, 0.1) is 0 Å². The van der Waals surface area contributed by atoms with Crippen LogP contribution in [-0.4, -0.2) is 0 Å². The lowest BCUT2D eigenvalue weighted by Crippen LogP contribution is -1.87. The molecule has 16 heavy (non-hydrogen) atoms. The number of rotatable bonds is 2. The summed E-state index contributed by atoms with van der Waals surface area (Å²) in [5.74, 6) is -1.09. The van der Waals surface area contributed by atoms with Crippen molar-refractivity contribution >= 4 is 11.6 Å². The molecule has 0 amide bonds. The third kappa shape index (κ3) is 2.49. The Kier molecular flexibility index (Phi) is 3.06. The minimum absolute atomic E-state index is 0.237. The normalized spacial score (nSPS) is 10.2. The molecule has 0 saturated carbocycles. The first-order chi connectivity index (χ1) is 7.65. The van der Waals surface area contributed by atoms with Crippen LogP contribution in [0.15, 0.2) is 42.5 Å². The molecule has 2 aromatic rings. The average Bonchev–Trinajstić information content (AvgIpc) is 2.27. The van der Waals surface area contributed by atoms with Crippen molar-refractivity contribution in [2.45, 2.75) is 0 Å². The summed E-state index contributed by atoms with van der Waals surface area (Å²) in [4.78, 5) is 0. The fourth-order valence-corrected chi connectivity index (χ4v) is 1.31. The van der Waals surface area contributed by atoms with Crippen molar-refractivity contribution in [3.8, 4) is 11.5 Å². The number of ether oxygens (including phenoxy) is 1. The molecule has 0 aliphatic heterocycles. The highest BCUT2D eigenvalue weighted by Gasteiger charge is 2.04. The van der Waals surface area contributed by atoms with Gasteiger partial charge in [-0.3, -0.25) is 0 Å². The van der Waals surface area contributed by atoms with Gasteiger partial charge in [0.25, 0.3) is 0 Å². The lowest BCUT2D eigenvalue weighted by molar-refractivity contribution is 0.461. The Bertz CT molecular complexity index is 497. The van der Waals surface area contributed by atoms with E-state index >= 15 is 0 Å². The summed E-state index contributed by atoms with van der Waals surface area (Å²) in [6.45, 7) is 0. The van der Waals surface area contributed by atoms with Crippen LogP contribution in [0.25, 0.3) is 0 Å². The first kappa shape index (κ1) is 10.9. The van der Waals surface area contributed by atoms with Crippen molar-refractivity contribution in [2.24, 2.45) is 0 Å². The molecule has 0 atom stereocenters. The molecule has 1 nitrogen and oxygen atoms in total. The molecule has 4 heteroatoms. The maximum atomic E-state index is 12.9. The van der Waals surface area contributed by atoms with Crippen molar-refractivity contribution < 1.29 is 13.5 Å². The van der Waals surface area contributed by atoms with E-state index in [0.29, 0.717) is 10.8 Å². The number of hydrogen-bond donors (Lipinski definition) is 0. The van der Waals surface area contributed by atoms with Crippen LogP contribution in [0.4, 0.5) is 8.78 Å².